The second kappa shape index (κ2) is 7.19. The largest absolute Gasteiger partial charge is 0.417 e. The molecule has 0 aliphatic heterocycles. The molecule has 27 heavy (non-hydrogen) atoms. The van der Waals surface area contributed by atoms with E-state index in [1.165, 1.54) is 6.07 Å². The second-order valence-electron chi connectivity index (χ2n) is 5.23. The summed E-state index contributed by atoms with van der Waals surface area (Å²) in [5.74, 6) is -1.46. The van der Waals surface area contributed by atoms with Crippen molar-refractivity contribution in [1.82, 2.24) is 4.31 Å². The molecular weight excluding hydrogens is 419 g/mol. The molecule has 1 rings (SSSR count). The normalized spacial score (nSPS) is 13.7. The first-order chi connectivity index (χ1) is 11.9. The number of rotatable bonds is 4. The maximum Gasteiger partial charge on any atom is 0.417 e. The Hall–Kier alpha value is -2.01. The van der Waals surface area contributed by atoms with E-state index in [1.807, 2.05) is 0 Å². The molecule has 152 valence electrons. The van der Waals surface area contributed by atoms with E-state index in [2.05, 4.69) is 0 Å². The molecular formula is C13H9F9N2O2S. The average molecular weight is 428 g/mol. The molecule has 0 N–H and O–H groups in total. The van der Waals surface area contributed by atoms with Gasteiger partial charge in [0.05, 0.1) is 28.5 Å². The molecule has 14 heteroatoms. The zero-order valence-corrected chi connectivity index (χ0v) is 13.9. The fourth-order valence-electron chi connectivity index (χ4n) is 2.06. The van der Waals surface area contributed by atoms with Crippen LogP contribution in [0.25, 0.3) is 0 Å². The molecule has 4 nitrogen and oxygen atoms in total. The highest BCUT2D eigenvalue weighted by molar-refractivity contribution is 7.88. The molecule has 0 heterocycles. The Morgan fingerprint density at radius 2 is 1.33 bits per heavy atom. The number of benzene rings is 1. The maximum atomic E-state index is 13.0. The van der Waals surface area contributed by atoms with Gasteiger partial charge in [-0.3, -0.25) is 0 Å². The van der Waals surface area contributed by atoms with Gasteiger partial charge in [-0.05, 0) is 17.7 Å². The Morgan fingerprint density at radius 3 is 1.63 bits per heavy atom. The van der Waals surface area contributed by atoms with Crippen molar-refractivity contribution in [1.29, 1.82) is 5.26 Å². The molecule has 0 spiro atoms. The van der Waals surface area contributed by atoms with Gasteiger partial charge in [-0.1, -0.05) is 0 Å². The predicted octanol–water partition coefficient (Wildman–Crippen LogP) is 4.03. The summed E-state index contributed by atoms with van der Waals surface area (Å²) in [5.41, 5.74) is -9.42. The van der Waals surface area contributed by atoms with Gasteiger partial charge in [0.1, 0.15) is 6.54 Å². The van der Waals surface area contributed by atoms with Crippen LogP contribution in [-0.2, 0) is 34.3 Å². The minimum Gasteiger partial charge on any atom is -0.212 e. The average Bonchev–Trinajstić information content (AvgIpc) is 2.43. The molecule has 0 saturated carbocycles. The van der Waals surface area contributed by atoms with Crippen LogP contribution in [0.1, 0.15) is 22.3 Å². The molecule has 0 radical (unpaired) electrons. The molecule has 1 aromatic carbocycles. The van der Waals surface area contributed by atoms with Crippen molar-refractivity contribution in [2.24, 2.45) is 0 Å². The van der Waals surface area contributed by atoms with Crippen LogP contribution >= 0.6 is 0 Å². The number of nitrogens with zero attached hydrogens (tertiary/aromatic N) is 2. The summed E-state index contributed by atoms with van der Waals surface area (Å²) in [6.07, 6.45) is -17.7. The summed E-state index contributed by atoms with van der Waals surface area (Å²) in [7, 11) is -3.72. The van der Waals surface area contributed by atoms with Crippen molar-refractivity contribution in [3.63, 3.8) is 0 Å². The standard InChI is InChI=1S/C13H9F9N2O2S/c1-24(3-2-23)27(25,26)6-7-4-8(11(14,15)16)10(13(20,21)22)9(5-7)12(17,18)19/h4-5H,3,6H2,1H3. The van der Waals surface area contributed by atoms with E-state index in [1.54, 1.807) is 0 Å². The lowest BCUT2D eigenvalue weighted by Crippen LogP contribution is -2.29. The first kappa shape index (κ1) is 23.0. The predicted molar refractivity (Wildman–Crippen MR) is 72.3 cm³/mol. The molecule has 0 aromatic heterocycles. The Kier molecular flexibility index (Phi) is 6.13. The Balaban J connectivity index is 3.76. The zero-order chi connectivity index (χ0) is 21.4. The van der Waals surface area contributed by atoms with Crippen molar-refractivity contribution < 1.29 is 47.9 Å². The van der Waals surface area contributed by atoms with Gasteiger partial charge in [-0.15, -0.1) is 0 Å². The molecule has 0 fully saturated rings. The number of alkyl halides is 9. The molecule has 0 atom stereocenters. The number of sulfonamides is 1. The van der Waals surface area contributed by atoms with E-state index in [-0.39, 0.29) is 12.1 Å². The summed E-state index contributed by atoms with van der Waals surface area (Å²) < 4.78 is 141. The lowest BCUT2D eigenvalue weighted by atomic mass is 9.96. The van der Waals surface area contributed by atoms with Crippen LogP contribution in [0.2, 0.25) is 0 Å². The van der Waals surface area contributed by atoms with Crippen molar-refractivity contribution in [3.05, 3.63) is 34.4 Å². The number of hydrogen-bond donors (Lipinski definition) is 0. The van der Waals surface area contributed by atoms with Crippen molar-refractivity contribution in [3.8, 4) is 6.07 Å². The first-order valence-corrected chi connectivity index (χ1v) is 8.21. The van der Waals surface area contributed by atoms with E-state index >= 15 is 0 Å². The van der Waals surface area contributed by atoms with E-state index in [4.69, 9.17) is 5.26 Å². The molecule has 0 unspecified atom stereocenters. The SMILES string of the molecule is CN(CC#N)S(=O)(=O)Cc1cc(C(F)(F)F)c(C(F)(F)F)c(C(F)(F)F)c1. The van der Waals surface area contributed by atoms with E-state index in [0.29, 0.717) is 4.31 Å². The van der Waals surface area contributed by atoms with Crippen molar-refractivity contribution >= 4 is 10.0 Å². The smallest absolute Gasteiger partial charge is 0.212 e. The van der Waals surface area contributed by atoms with Gasteiger partial charge in [0.2, 0.25) is 10.0 Å². The van der Waals surface area contributed by atoms with Gasteiger partial charge >= 0.3 is 18.5 Å². The van der Waals surface area contributed by atoms with Crippen LogP contribution in [-0.4, -0.2) is 26.3 Å². The lowest BCUT2D eigenvalue weighted by molar-refractivity contribution is -0.174. The van der Waals surface area contributed by atoms with Gasteiger partial charge < -0.3 is 0 Å². The molecule has 0 amide bonds. The van der Waals surface area contributed by atoms with Crippen LogP contribution in [0, 0.1) is 11.3 Å². The van der Waals surface area contributed by atoms with Gasteiger partial charge in [-0.25, -0.2) is 8.42 Å². The minimum atomic E-state index is -6.00. The highest BCUT2D eigenvalue weighted by Gasteiger charge is 2.50. The summed E-state index contributed by atoms with van der Waals surface area (Å²) in [5, 5.41) is 8.41. The monoisotopic (exact) mass is 428 g/mol. The first-order valence-electron chi connectivity index (χ1n) is 6.60. The van der Waals surface area contributed by atoms with Crippen LogP contribution < -0.4 is 0 Å². The molecule has 0 bridgehead atoms. The highest BCUT2D eigenvalue weighted by Crippen LogP contribution is 2.47. The summed E-state index contributed by atoms with van der Waals surface area (Å²) in [6, 6.07) is 0.806. The van der Waals surface area contributed by atoms with Crippen LogP contribution in [0.3, 0.4) is 0 Å². The lowest BCUT2D eigenvalue weighted by Gasteiger charge is -2.22. The number of hydrogen-bond acceptors (Lipinski definition) is 3. The van der Waals surface area contributed by atoms with Crippen LogP contribution in [0.15, 0.2) is 12.1 Å². The van der Waals surface area contributed by atoms with Crippen LogP contribution in [0.4, 0.5) is 39.5 Å². The van der Waals surface area contributed by atoms with Gasteiger partial charge in [0, 0.05) is 7.05 Å². The Bertz CT molecular complexity index is 813. The fraction of sp³-hybridized carbons (Fsp3) is 0.462. The Labute approximate surface area is 146 Å². The third-order valence-electron chi connectivity index (χ3n) is 3.21. The molecule has 0 saturated heterocycles. The van der Waals surface area contributed by atoms with Gasteiger partial charge in [0.25, 0.3) is 0 Å². The van der Waals surface area contributed by atoms with E-state index < -0.39 is 63.1 Å². The zero-order valence-electron chi connectivity index (χ0n) is 13.1. The minimum absolute atomic E-state index is 0.296. The number of halogens is 9. The third kappa shape index (κ3) is 5.48. The molecule has 0 aliphatic rings. The highest BCUT2D eigenvalue weighted by atomic mass is 32.2. The molecule has 0 aliphatic carbocycles. The maximum absolute atomic E-state index is 13.0. The number of nitriles is 1. The summed E-state index contributed by atoms with van der Waals surface area (Å²) in [4.78, 5) is 0. The van der Waals surface area contributed by atoms with Crippen LogP contribution in [0.5, 0.6) is 0 Å². The topological polar surface area (TPSA) is 61.2 Å². The summed E-state index contributed by atoms with van der Waals surface area (Å²) >= 11 is 0. The second-order valence-corrected chi connectivity index (χ2v) is 7.31. The van der Waals surface area contributed by atoms with Crippen molar-refractivity contribution in [2.75, 3.05) is 13.6 Å². The Morgan fingerprint density at radius 1 is 0.926 bits per heavy atom. The van der Waals surface area contributed by atoms with E-state index in [9.17, 15) is 47.9 Å². The van der Waals surface area contributed by atoms with Crippen molar-refractivity contribution in [2.45, 2.75) is 24.3 Å². The van der Waals surface area contributed by atoms with Gasteiger partial charge in [-0.2, -0.15) is 49.1 Å². The third-order valence-corrected chi connectivity index (χ3v) is 4.99. The van der Waals surface area contributed by atoms with E-state index in [0.717, 1.165) is 7.05 Å². The quantitative estimate of drug-likeness (QED) is 0.538. The summed E-state index contributed by atoms with van der Waals surface area (Å²) in [6.45, 7) is -0.763. The van der Waals surface area contributed by atoms with Gasteiger partial charge in [0.15, 0.2) is 0 Å². The molecule has 1 aromatic rings. The fourth-order valence-corrected chi connectivity index (χ4v) is 3.12.